The van der Waals surface area contributed by atoms with Crippen molar-refractivity contribution in [2.75, 3.05) is 0 Å². The quantitative estimate of drug-likeness (QED) is 0.254. The molecule has 6 nitrogen and oxygen atoms in total. The van der Waals surface area contributed by atoms with Gasteiger partial charge in [0.2, 0.25) is 10.9 Å². The molecule has 0 spiro atoms. The van der Waals surface area contributed by atoms with E-state index in [0.717, 1.165) is 22.2 Å². The van der Waals surface area contributed by atoms with E-state index in [0.29, 0.717) is 22.2 Å². The molecule has 2 aromatic heterocycles. The summed E-state index contributed by atoms with van der Waals surface area (Å²) in [7, 11) is 0. The van der Waals surface area contributed by atoms with E-state index in [2.05, 4.69) is 9.97 Å². The van der Waals surface area contributed by atoms with E-state index in [1.807, 2.05) is 84.9 Å². The SMILES string of the molecule is O=c1c(O)c(-c2ccccc2)[nH]c2ccccc12.O=c1c(O)c(-c2ccccc2)[nH]c2ccccc12. The maximum Gasteiger partial charge on any atom is 0.231 e. The Morgan fingerprint density at radius 1 is 0.444 bits per heavy atom. The number of nitrogens with one attached hydrogen (secondary N) is 2. The summed E-state index contributed by atoms with van der Waals surface area (Å²) < 4.78 is 0. The molecular weight excluding hydrogens is 452 g/mol. The molecule has 0 unspecified atom stereocenters. The summed E-state index contributed by atoms with van der Waals surface area (Å²) in [6.07, 6.45) is 0. The molecule has 4 aromatic carbocycles. The third-order valence-corrected chi connectivity index (χ3v) is 5.89. The summed E-state index contributed by atoms with van der Waals surface area (Å²) in [6, 6.07) is 32.9. The lowest BCUT2D eigenvalue weighted by atomic mass is 10.1. The normalized spacial score (nSPS) is 10.7. The topological polar surface area (TPSA) is 106 Å². The summed E-state index contributed by atoms with van der Waals surface area (Å²) in [5.41, 5.74) is 3.25. The van der Waals surface area contributed by atoms with Crippen LogP contribution in [-0.4, -0.2) is 20.2 Å². The average Bonchev–Trinajstić information content (AvgIpc) is 2.94. The molecular formula is C30H22N2O4. The second-order valence-electron chi connectivity index (χ2n) is 8.18. The van der Waals surface area contributed by atoms with Crippen LogP contribution in [-0.2, 0) is 0 Å². The first-order valence-electron chi connectivity index (χ1n) is 11.3. The van der Waals surface area contributed by atoms with Gasteiger partial charge in [0, 0.05) is 32.9 Å². The van der Waals surface area contributed by atoms with Crippen molar-refractivity contribution in [2.24, 2.45) is 0 Å². The summed E-state index contributed by atoms with van der Waals surface area (Å²) in [5.74, 6) is -0.472. The Morgan fingerprint density at radius 3 is 1.17 bits per heavy atom. The van der Waals surface area contributed by atoms with Gasteiger partial charge in [0.1, 0.15) is 0 Å². The van der Waals surface area contributed by atoms with Gasteiger partial charge in [-0.2, -0.15) is 0 Å². The van der Waals surface area contributed by atoms with Gasteiger partial charge in [0.15, 0.2) is 11.5 Å². The predicted octanol–water partition coefficient (Wildman–Crippen LogP) is 5.80. The van der Waals surface area contributed by atoms with Crippen molar-refractivity contribution >= 4 is 21.8 Å². The monoisotopic (exact) mass is 474 g/mol. The van der Waals surface area contributed by atoms with E-state index >= 15 is 0 Å². The first-order chi connectivity index (χ1) is 17.5. The van der Waals surface area contributed by atoms with E-state index in [1.54, 1.807) is 24.3 Å². The van der Waals surface area contributed by atoms with Crippen molar-refractivity contribution in [3.63, 3.8) is 0 Å². The highest BCUT2D eigenvalue weighted by Gasteiger charge is 2.12. The van der Waals surface area contributed by atoms with Gasteiger partial charge in [-0.3, -0.25) is 9.59 Å². The highest BCUT2D eigenvalue weighted by Crippen LogP contribution is 2.27. The summed E-state index contributed by atoms with van der Waals surface area (Å²) >= 11 is 0. The van der Waals surface area contributed by atoms with Crippen molar-refractivity contribution in [3.05, 3.63) is 130 Å². The van der Waals surface area contributed by atoms with Gasteiger partial charge in [0.25, 0.3) is 0 Å². The molecule has 6 heteroatoms. The number of hydrogen-bond acceptors (Lipinski definition) is 4. The van der Waals surface area contributed by atoms with Gasteiger partial charge in [-0.05, 0) is 24.3 Å². The van der Waals surface area contributed by atoms with Crippen LogP contribution in [0.3, 0.4) is 0 Å². The fraction of sp³-hybridized carbons (Fsp3) is 0. The van der Waals surface area contributed by atoms with Crippen molar-refractivity contribution in [3.8, 4) is 34.0 Å². The van der Waals surface area contributed by atoms with Crippen LogP contribution in [0.1, 0.15) is 0 Å². The smallest absolute Gasteiger partial charge is 0.231 e. The van der Waals surface area contributed by atoms with Crippen LogP contribution >= 0.6 is 0 Å². The lowest BCUT2D eigenvalue weighted by Crippen LogP contribution is -2.04. The lowest BCUT2D eigenvalue weighted by molar-refractivity contribution is 0.471. The van der Waals surface area contributed by atoms with Crippen LogP contribution in [0.4, 0.5) is 0 Å². The van der Waals surface area contributed by atoms with Gasteiger partial charge in [-0.1, -0.05) is 84.9 Å². The van der Waals surface area contributed by atoms with Crippen molar-refractivity contribution < 1.29 is 10.2 Å². The van der Waals surface area contributed by atoms with Crippen LogP contribution < -0.4 is 10.9 Å². The molecule has 0 aliphatic heterocycles. The van der Waals surface area contributed by atoms with Crippen LogP contribution in [0.5, 0.6) is 11.5 Å². The number of hydrogen-bond donors (Lipinski definition) is 4. The van der Waals surface area contributed by atoms with E-state index in [1.165, 1.54) is 0 Å². The van der Waals surface area contributed by atoms with E-state index in [9.17, 15) is 19.8 Å². The molecule has 0 amide bonds. The molecule has 6 rings (SSSR count). The second kappa shape index (κ2) is 9.64. The number of aromatic nitrogens is 2. The van der Waals surface area contributed by atoms with Crippen molar-refractivity contribution in [1.82, 2.24) is 9.97 Å². The van der Waals surface area contributed by atoms with Gasteiger partial charge in [0.05, 0.1) is 11.4 Å². The van der Waals surface area contributed by atoms with Crippen LogP contribution in [0.25, 0.3) is 44.3 Å². The number of pyridine rings is 2. The Labute approximate surface area is 205 Å². The lowest BCUT2D eigenvalue weighted by Gasteiger charge is -2.07. The van der Waals surface area contributed by atoms with Gasteiger partial charge >= 0.3 is 0 Å². The van der Waals surface area contributed by atoms with E-state index in [4.69, 9.17) is 0 Å². The highest BCUT2D eigenvalue weighted by molar-refractivity contribution is 5.85. The number of rotatable bonds is 2. The first-order valence-corrected chi connectivity index (χ1v) is 11.3. The van der Waals surface area contributed by atoms with Crippen molar-refractivity contribution in [1.29, 1.82) is 0 Å². The summed E-state index contributed by atoms with van der Waals surface area (Å²) in [4.78, 5) is 30.3. The Bertz CT molecular complexity index is 1660. The number of benzene rings is 4. The van der Waals surface area contributed by atoms with Gasteiger partial charge in [-0.25, -0.2) is 0 Å². The minimum Gasteiger partial charge on any atom is -0.503 e. The maximum absolute atomic E-state index is 12.1. The fourth-order valence-corrected chi connectivity index (χ4v) is 4.08. The summed E-state index contributed by atoms with van der Waals surface area (Å²) in [5, 5.41) is 21.0. The van der Waals surface area contributed by atoms with E-state index < -0.39 is 0 Å². The molecule has 36 heavy (non-hydrogen) atoms. The number of para-hydroxylation sites is 2. The van der Waals surface area contributed by atoms with Gasteiger partial charge < -0.3 is 20.2 Å². The van der Waals surface area contributed by atoms with Crippen LogP contribution in [0, 0.1) is 0 Å². The largest absolute Gasteiger partial charge is 0.503 e. The zero-order valence-corrected chi connectivity index (χ0v) is 19.1. The molecule has 0 saturated heterocycles. The Morgan fingerprint density at radius 2 is 0.778 bits per heavy atom. The Kier molecular flexibility index (Phi) is 6.07. The standard InChI is InChI=1S/2C15H11NO2/c2*17-14-11-8-4-5-9-12(11)16-13(15(14)18)10-6-2-1-3-7-10/h2*1-9,18H,(H,16,17). The van der Waals surface area contributed by atoms with Crippen LogP contribution in [0.2, 0.25) is 0 Å². The molecule has 0 aliphatic carbocycles. The Balaban J connectivity index is 0.000000148. The molecule has 176 valence electrons. The minimum atomic E-state index is -0.344. The molecule has 2 heterocycles. The average molecular weight is 475 g/mol. The molecule has 0 aliphatic rings. The maximum atomic E-state index is 12.1. The molecule has 0 fully saturated rings. The third kappa shape index (κ3) is 4.23. The third-order valence-electron chi connectivity index (χ3n) is 5.89. The molecule has 0 radical (unpaired) electrons. The molecule has 4 N–H and O–H groups in total. The predicted molar refractivity (Wildman–Crippen MR) is 143 cm³/mol. The van der Waals surface area contributed by atoms with Crippen LogP contribution in [0.15, 0.2) is 119 Å². The molecule has 0 saturated carbocycles. The number of fused-ring (bicyclic) bond motifs is 2. The number of aromatic hydroxyl groups is 2. The highest BCUT2D eigenvalue weighted by atomic mass is 16.3. The summed E-state index contributed by atoms with van der Waals surface area (Å²) in [6.45, 7) is 0. The second-order valence-corrected chi connectivity index (χ2v) is 8.18. The molecule has 6 aromatic rings. The first kappa shape index (κ1) is 22.7. The molecule has 0 atom stereocenters. The Hall–Kier alpha value is -5.10. The van der Waals surface area contributed by atoms with Gasteiger partial charge in [-0.15, -0.1) is 0 Å². The minimum absolute atomic E-state index is 0.236. The zero-order valence-electron chi connectivity index (χ0n) is 19.1. The van der Waals surface area contributed by atoms with E-state index in [-0.39, 0.29) is 22.4 Å². The number of aromatic amines is 2. The number of H-pyrrole nitrogens is 2. The van der Waals surface area contributed by atoms with Crippen molar-refractivity contribution in [2.45, 2.75) is 0 Å². The molecule has 0 bridgehead atoms. The fourth-order valence-electron chi connectivity index (χ4n) is 4.08. The zero-order chi connectivity index (χ0) is 25.1.